The minimum Gasteiger partial charge on any atom is -0.370 e. The van der Waals surface area contributed by atoms with E-state index in [2.05, 4.69) is 20.4 Å². The molecule has 0 aromatic carbocycles. The van der Waals surface area contributed by atoms with Crippen molar-refractivity contribution in [3.05, 3.63) is 41.3 Å². The van der Waals surface area contributed by atoms with Crippen molar-refractivity contribution in [3.8, 4) is 0 Å². The molecule has 7 nitrogen and oxygen atoms in total. The first-order chi connectivity index (χ1) is 11.3. The number of ether oxygens (including phenoxy) is 1. The van der Waals surface area contributed by atoms with E-state index in [1.165, 1.54) is 0 Å². The molecule has 1 aliphatic rings. The fourth-order valence-corrected chi connectivity index (χ4v) is 2.42. The quantitative estimate of drug-likeness (QED) is 0.909. The van der Waals surface area contributed by atoms with Gasteiger partial charge in [-0.15, -0.1) is 0 Å². The molecule has 3 heterocycles. The summed E-state index contributed by atoms with van der Waals surface area (Å²) in [5, 5.41) is 6.57. The minimum atomic E-state index is -0.295. The second kappa shape index (κ2) is 7.32. The molecule has 0 bridgehead atoms. The van der Waals surface area contributed by atoms with Crippen LogP contribution in [0, 0.1) is 0 Å². The zero-order valence-electron chi connectivity index (χ0n) is 13.1. The van der Waals surface area contributed by atoms with E-state index in [1.807, 2.05) is 6.92 Å². The van der Waals surface area contributed by atoms with Crippen molar-refractivity contribution in [2.45, 2.75) is 45.3 Å². The van der Waals surface area contributed by atoms with Gasteiger partial charge in [0.25, 0.3) is 5.91 Å². The zero-order chi connectivity index (χ0) is 16.1. The van der Waals surface area contributed by atoms with Crippen LogP contribution in [0.25, 0.3) is 0 Å². The average molecular weight is 316 g/mol. The highest BCUT2D eigenvalue weighted by Gasteiger charge is 2.18. The predicted molar refractivity (Wildman–Crippen MR) is 81.6 cm³/mol. The van der Waals surface area contributed by atoms with E-state index >= 15 is 0 Å². The molecule has 0 spiro atoms. The Morgan fingerprint density at radius 2 is 2.17 bits per heavy atom. The molecule has 1 fully saturated rings. The number of aryl methyl sites for hydroxylation is 1. The number of carbonyl (C=O) groups excluding carboxylic acids is 1. The van der Waals surface area contributed by atoms with Gasteiger partial charge in [-0.3, -0.25) is 4.79 Å². The maximum absolute atomic E-state index is 12.0. The summed E-state index contributed by atoms with van der Waals surface area (Å²) in [7, 11) is 0. The smallest absolute Gasteiger partial charge is 0.290 e. The van der Waals surface area contributed by atoms with Gasteiger partial charge in [0, 0.05) is 37.2 Å². The molecule has 7 heteroatoms. The number of hydrogen-bond acceptors (Lipinski definition) is 6. The second-order valence-corrected chi connectivity index (χ2v) is 5.52. The van der Waals surface area contributed by atoms with E-state index in [0.717, 1.165) is 43.5 Å². The molecule has 0 unspecified atom stereocenters. The van der Waals surface area contributed by atoms with Gasteiger partial charge in [-0.25, -0.2) is 9.97 Å². The number of hydrogen-bond donors (Lipinski definition) is 1. The van der Waals surface area contributed by atoms with Crippen molar-refractivity contribution < 1.29 is 14.1 Å². The van der Waals surface area contributed by atoms with Gasteiger partial charge in [0.2, 0.25) is 5.76 Å². The lowest BCUT2D eigenvalue weighted by Crippen LogP contribution is -2.22. The van der Waals surface area contributed by atoms with Gasteiger partial charge >= 0.3 is 0 Å². The second-order valence-electron chi connectivity index (χ2n) is 5.52. The maximum Gasteiger partial charge on any atom is 0.290 e. The Labute approximate surface area is 134 Å². The van der Waals surface area contributed by atoms with Crippen LogP contribution in [0.4, 0.5) is 0 Å². The number of rotatable bonds is 5. The molecule has 23 heavy (non-hydrogen) atoms. The highest BCUT2D eigenvalue weighted by atomic mass is 16.5. The third-order valence-electron chi connectivity index (χ3n) is 3.79. The SMILES string of the molecule is CCc1cc(C(=O)NCc2cnc([C@H]3CCCCO3)nc2)on1. The van der Waals surface area contributed by atoms with Crippen LogP contribution in [0.15, 0.2) is 23.0 Å². The first-order valence-corrected chi connectivity index (χ1v) is 7.92. The lowest BCUT2D eigenvalue weighted by molar-refractivity contribution is 0.00940. The summed E-state index contributed by atoms with van der Waals surface area (Å²) >= 11 is 0. The Balaban J connectivity index is 1.54. The van der Waals surface area contributed by atoms with Crippen molar-refractivity contribution >= 4 is 5.91 Å². The molecule has 2 aromatic heterocycles. The summed E-state index contributed by atoms with van der Waals surface area (Å²) < 4.78 is 10.7. The molecule has 1 amide bonds. The predicted octanol–water partition coefficient (Wildman–Crippen LogP) is 2.20. The van der Waals surface area contributed by atoms with Crippen molar-refractivity contribution in [2.24, 2.45) is 0 Å². The van der Waals surface area contributed by atoms with Gasteiger partial charge in [-0.05, 0) is 25.7 Å². The highest BCUT2D eigenvalue weighted by Crippen LogP contribution is 2.24. The van der Waals surface area contributed by atoms with Gasteiger partial charge in [0.05, 0.1) is 5.69 Å². The van der Waals surface area contributed by atoms with Crippen LogP contribution in [0.5, 0.6) is 0 Å². The molecular weight excluding hydrogens is 296 g/mol. The molecule has 3 rings (SSSR count). The molecule has 1 atom stereocenters. The van der Waals surface area contributed by atoms with E-state index in [1.54, 1.807) is 18.5 Å². The molecule has 2 aromatic rings. The average Bonchev–Trinajstić information content (AvgIpc) is 3.10. The molecule has 1 saturated heterocycles. The van der Waals surface area contributed by atoms with Gasteiger partial charge in [-0.1, -0.05) is 12.1 Å². The number of amides is 1. The minimum absolute atomic E-state index is 0.00551. The largest absolute Gasteiger partial charge is 0.370 e. The van der Waals surface area contributed by atoms with E-state index in [0.29, 0.717) is 12.4 Å². The van der Waals surface area contributed by atoms with Gasteiger partial charge in [0.15, 0.2) is 5.82 Å². The van der Waals surface area contributed by atoms with Crippen LogP contribution in [-0.2, 0) is 17.7 Å². The van der Waals surface area contributed by atoms with Crippen molar-refractivity contribution in [3.63, 3.8) is 0 Å². The Bertz CT molecular complexity index is 648. The van der Waals surface area contributed by atoms with E-state index < -0.39 is 0 Å². The van der Waals surface area contributed by atoms with Crippen LogP contribution in [0.3, 0.4) is 0 Å². The fourth-order valence-electron chi connectivity index (χ4n) is 2.42. The summed E-state index contributed by atoms with van der Waals surface area (Å²) in [5.41, 5.74) is 1.59. The third kappa shape index (κ3) is 3.92. The van der Waals surface area contributed by atoms with Crippen molar-refractivity contribution in [2.75, 3.05) is 6.61 Å². The topological polar surface area (TPSA) is 90.1 Å². The summed E-state index contributed by atoms with van der Waals surface area (Å²) in [6, 6.07) is 1.65. The van der Waals surface area contributed by atoms with E-state index in [-0.39, 0.29) is 17.8 Å². The first kappa shape index (κ1) is 15.6. The standard InChI is InChI=1S/C16H20N4O3/c1-2-12-7-14(23-20-12)16(21)19-10-11-8-17-15(18-9-11)13-5-3-4-6-22-13/h7-9,13H,2-6,10H2,1H3,(H,19,21)/t13-/m1/s1. The lowest BCUT2D eigenvalue weighted by Gasteiger charge is -2.21. The van der Waals surface area contributed by atoms with Crippen LogP contribution >= 0.6 is 0 Å². The van der Waals surface area contributed by atoms with Crippen LogP contribution < -0.4 is 5.32 Å². The first-order valence-electron chi connectivity index (χ1n) is 7.92. The van der Waals surface area contributed by atoms with E-state index in [4.69, 9.17) is 9.26 Å². The molecule has 122 valence electrons. The molecular formula is C16H20N4O3. The molecule has 0 saturated carbocycles. The Morgan fingerprint density at radius 1 is 1.35 bits per heavy atom. The Morgan fingerprint density at radius 3 is 2.83 bits per heavy atom. The Hall–Kier alpha value is -2.28. The molecule has 0 aliphatic carbocycles. The highest BCUT2D eigenvalue weighted by molar-refractivity contribution is 5.91. The summed E-state index contributed by atoms with van der Waals surface area (Å²) in [6.45, 7) is 3.06. The summed E-state index contributed by atoms with van der Waals surface area (Å²) in [6.07, 6.45) is 7.37. The van der Waals surface area contributed by atoms with Crippen molar-refractivity contribution in [1.82, 2.24) is 20.4 Å². The van der Waals surface area contributed by atoms with Crippen LogP contribution in [-0.4, -0.2) is 27.6 Å². The fraction of sp³-hybridized carbons (Fsp3) is 0.500. The van der Waals surface area contributed by atoms with Crippen LogP contribution in [0.1, 0.15) is 59.9 Å². The number of nitrogens with one attached hydrogen (secondary N) is 1. The lowest BCUT2D eigenvalue weighted by atomic mass is 10.1. The summed E-state index contributed by atoms with van der Waals surface area (Å²) in [4.78, 5) is 20.7. The maximum atomic E-state index is 12.0. The molecule has 0 radical (unpaired) electrons. The zero-order valence-corrected chi connectivity index (χ0v) is 13.1. The molecule has 1 N–H and O–H groups in total. The molecule has 1 aliphatic heterocycles. The normalized spacial score (nSPS) is 17.9. The van der Waals surface area contributed by atoms with Crippen LogP contribution in [0.2, 0.25) is 0 Å². The third-order valence-corrected chi connectivity index (χ3v) is 3.79. The van der Waals surface area contributed by atoms with Gasteiger partial charge in [0.1, 0.15) is 6.10 Å². The Kier molecular flexibility index (Phi) is 4.97. The number of carbonyl (C=O) groups is 1. The van der Waals surface area contributed by atoms with E-state index in [9.17, 15) is 4.79 Å². The van der Waals surface area contributed by atoms with Crippen molar-refractivity contribution in [1.29, 1.82) is 0 Å². The number of aromatic nitrogens is 3. The summed E-state index contributed by atoms with van der Waals surface area (Å²) in [5.74, 6) is 0.634. The van der Waals surface area contributed by atoms with Gasteiger partial charge < -0.3 is 14.6 Å². The van der Waals surface area contributed by atoms with Gasteiger partial charge in [-0.2, -0.15) is 0 Å². The number of nitrogens with zero attached hydrogens (tertiary/aromatic N) is 3. The monoisotopic (exact) mass is 316 g/mol.